The number of benzene rings is 1. The molecule has 0 bridgehead atoms. The van der Waals surface area contributed by atoms with Crippen LogP contribution in [0, 0.1) is 11.3 Å². The lowest BCUT2D eigenvalue weighted by molar-refractivity contribution is 1.18. The zero-order valence-electron chi connectivity index (χ0n) is 9.34. The van der Waals surface area contributed by atoms with Gasteiger partial charge in [0.1, 0.15) is 0 Å². The van der Waals surface area contributed by atoms with Gasteiger partial charge in [0, 0.05) is 12.4 Å². The molecule has 0 aliphatic rings. The van der Waals surface area contributed by atoms with Gasteiger partial charge in [0.2, 0.25) is 0 Å². The Morgan fingerprint density at radius 3 is 2.61 bits per heavy atom. The Morgan fingerprint density at radius 2 is 1.89 bits per heavy atom. The monoisotopic (exact) mass is 297 g/mol. The highest BCUT2D eigenvalue weighted by Gasteiger charge is 2.06. The van der Waals surface area contributed by atoms with Gasteiger partial charge in [-0.05, 0) is 45.8 Å². The van der Waals surface area contributed by atoms with Gasteiger partial charge in [0.05, 0.1) is 21.8 Å². The molecule has 2 aromatic heterocycles. The van der Waals surface area contributed by atoms with E-state index in [0.717, 1.165) is 21.4 Å². The first-order valence-electron chi connectivity index (χ1n) is 5.42. The first-order valence-corrected chi connectivity index (χ1v) is 6.21. The van der Waals surface area contributed by atoms with E-state index in [9.17, 15) is 0 Å². The van der Waals surface area contributed by atoms with Gasteiger partial charge in [0.25, 0.3) is 0 Å². The van der Waals surface area contributed by atoms with E-state index < -0.39 is 0 Å². The summed E-state index contributed by atoms with van der Waals surface area (Å²) in [7, 11) is 0. The van der Waals surface area contributed by atoms with Crippen molar-refractivity contribution in [3.05, 3.63) is 58.8 Å². The average molecular weight is 298 g/mol. The largest absolute Gasteiger partial charge is 0.299 e. The van der Waals surface area contributed by atoms with Gasteiger partial charge in [-0.3, -0.25) is 4.40 Å². The molecule has 3 nitrogen and oxygen atoms in total. The van der Waals surface area contributed by atoms with E-state index >= 15 is 0 Å². The minimum Gasteiger partial charge on any atom is -0.299 e. The van der Waals surface area contributed by atoms with Gasteiger partial charge in [0.15, 0.2) is 5.65 Å². The predicted molar refractivity (Wildman–Crippen MR) is 73.0 cm³/mol. The van der Waals surface area contributed by atoms with Crippen LogP contribution < -0.4 is 0 Å². The number of halogens is 1. The molecule has 2 heterocycles. The molecular formula is C14H8BrN3. The molecule has 0 atom stereocenters. The number of pyridine rings is 1. The zero-order chi connectivity index (χ0) is 12.5. The van der Waals surface area contributed by atoms with Crippen molar-refractivity contribution >= 4 is 21.6 Å². The normalized spacial score (nSPS) is 10.4. The van der Waals surface area contributed by atoms with Crippen LogP contribution >= 0.6 is 15.9 Å². The summed E-state index contributed by atoms with van der Waals surface area (Å²) in [5.41, 5.74) is 3.66. The first kappa shape index (κ1) is 11.0. The Labute approximate surface area is 112 Å². The molecule has 0 spiro atoms. The van der Waals surface area contributed by atoms with Crippen LogP contribution in [0.25, 0.3) is 16.9 Å². The molecule has 0 fully saturated rings. The van der Waals surface area contributed by atoms with Crippen LogP contribution in [-0.2, 0) is 0 Å². The third-order valence-electron chi connectivity index (χ3n) is 2.81. The summed E-state index contributed by atoms with van der Waals surface area (Å²) >= 11 is 3.48. The number of hydrogen-bond donors (Lipinski definition) is 0. The molecule has 0 aliphatic heterocycles. The van der Waals surface area contributed by atoms with Crippen molar-refractivity contribution < 1.29 is 0 Å². The van der Waals surface area contributed by atoms with Crippen molar-refractivity contribution in [3.8, 4) is 17.3 Å². The second kappa shape index (κ2) is 4.28. The smallest absolute Gasteiger partial charge is 0.151 e. The minimum atomic E-state index is 0.665. The van der Waals surface area contributed by atoms with Gasteiger partial charge < -0.3 is 0 Å². The van der Waals surface area contributed by atoms with Crippen LogP contribution in [0.5, 0.6) is 0 Å². The van der Waals surface area contributed by atoms with Crippen LogP contribution in [0.4, 0.5) is 0 Å². The van der Waals surface area contributed by atoms with Crippen molar-refractivity contribution in [1.29, 1.82) is 5.26 Å². The van der Waals surface area contributed by atoms with Crippen LogP contribution in [-0.4, -0.2) is 9.38 Å². The molecule has 4 heteroatoms. The minimum absolute atomic E-state index is 0.665. The molecule has 18 heavy (non-hydrogen) atoms. The molecular weight excluding hydrogens is 290 g/mol. The predicted octanol–water partition coefficient (Wildman–Crippen LogP) is 3.64. The number of nitrogens with zero attached hydrogens (tertiary/aromatic N) is 3. The second-order valence-electron chi connectivity index (χ2n) is 3.88. The summed E-state index contributed by atoms with van der Waals surface area (Å²) in [6.07, 6.45) is 3.70. The van der Waals surface area contributed by atoms with E-state index in [1.54, 1.807) is 6.20 Å². The van der Waals surface area contributed by atoms with Crippen LogP contribution in [0.2, 0.25) is 0 Å². The molecule has 3 aromatic rings. The van der Waals surface area contributed by atoms with Gasteiger partial charge in [-0.2, -0.15) is 5.26 Å². The van der Waals surface area contributed by atoms with Gasteiger partial charge in [-0.25, -0.2) is 4.98 Å². The van der Waals surface area contributed by atoms with E-state index in [2.05, 4.69) is 27.0 Å². The third kappa shape index (κ3) is 1.69. The molecule has 0 unspecified atom stereocenters. The fraction of sp³-hybridized carbons (Fsp3) is 0. The summed E-state index contributed by atoms with van der Waals surface area (Å²) in [6.45, 7) is 0. The average Bonchev–Trinajstić information content (AvgIpc) is 2.90. The molecule has 0 saturated heterocycles. The summed E-state index contributed by atoms with van der Waals surface area (Å²) in [5.74, 6) is 0. The molecule has 1 aromatic carbocycles. The number of hydrogen-bond acceptors (Lipinski definition) is 2. The number of aromatic nitrogens is 2. The van der Waals surface area contributed by atoms with Crippen LogP contribution in [0.1, 0.15) is 5.56 Å². The number of fused-ring (bicyclic) bond motifs is 1. The molecule has 3 rings (SSSR count). The first-order chi connectivity index (χ1) is 8.79. The maximum atomic E-state index is 8.80. The lowest BCUT2D eigenvalue weighted by Gasteiger charge is -2.06. The summed E-state index contributed by atoms with van der Waals surface area (Å²) < 4.78 is 2.98. The van der Waals surface area contributed by atoms with Crippen LogP contribution in [0.3, 0.4) is 0 Å². The Kier molecular flexibility index (Phi) is 2.62. The SMILES string of the molecule is N#Cc1ccc(-c2ccc(Br)c3nccn23)cc1. The lowest BCUT2D eigenvalue weighted by Crippen LogP contribution is -1.91. The van der Waals surface area contributed by atoms with Gasteiger partial charge >= 0.3 is 0 Å². The number of imidazole rings is 1. The highest BCUT2D eigenvalue weighted by molar-refractivity contribution is 9.10. The molecule has 86 valence electrons. The number of nitriles is 1. The standard InChI is InChI=1S/C14H8BrN3/c15-12-5-6-13(18-8-7-17-14(12)18)11-3-1-10(9-16)2-4-11/h1-8H. The van der Waals surface area contributed by atoms with E-state index in [1.165, 1.54) is 0 Å². The summed E-state index contributed by atoms with van der Waals surface area (Å²) in [4.78, 5) is 4.30. The number of rotatable bonds is 1. The maximum Gasteiger partial charge on any atom is 0.151 e. The topological polar surface area (TPSA) is 41.1 Å². The van der Waals surface area contributed by atoms with Crippen molar-refractivity contribution in [3.63, 3.8) is 0 Å². The highest BCUT2D eigenvalue weighted by atomic mass is 79.9. The zero-order valence-corrected chi connectivity index (χ0v) is 10.9. The van der Waals surface area contributed by atoms with Crippen molar-refractivity contribution in [2.45, 2.75) is 0 Å². The fourth-order valence-corrected chi connectivity index (χ4v) is 2.36. The van der Waals surface area contributed by atoms with Crippen molar-refractivity contribution in [2.75, 3.05) is 0 Å². The van der Waals surface area contributed by atoms with Crippen molar-refractivity contribution in [2.24, 2.45) is 0 Å². The van der Waals surface area contributed by atoms with E-state index in [-0.39, 0.29) is 0 Å². The van der Waals surface area contributed by atoms with E-state index in [4.69, 9.17) is 5.26 Å². The quantitative estimate of drug-likeness (QED) is 0.688. The lowest BCUT2D eigenvalue weighted by atomic mass is 10.1. The van der Waals surface area contributed by atoms with Gasteiger partial charge in [-0.15, -0.1) is 0 Å². The van der Waals surface area contributed by atoms with Gasteiger partial charge in [-0.1, -0.05) is 12.1 Å². The van der Waals surface area contributed by atoms with E-state index in [1.807, 2.05) is 47.0 Å². The molecule has 0 amide bonds. The maximum absolute atomic E-state index is 8.80. The Morgan fingerprint density at radius 1 is 1.11 bits per heavy atom. The molecule has 0 radical (unpaired) electrons. The fourth-order valence-electron chi connectivity index (χ4n) is 1.93. The molecule has 0 N–H and O–H groups in total. The molecule has 0 aliphatic carbocycles. The highest BCUT2D eigenvalue weighted by Crippen LogP contribution is 2.25. The third-order valence-corrected chi connectivity index (χ3v) is 3.43. The van der Waals surface area contributed by atoms with Crippen molar-refractivity contribution in [1.82, 2.24) is 9.38 Å². The molecule has 0 saturated carbocycles. The van der Waals surface area contributed by atoms with Crippen LogP contribution in [0.15, 0.2) is 53.3 Å². The Bertz CT molecular complexity index is 751. The Balaban J connectivity index is 2.22. The summed E-state index contributed by atoms with van der Waals surface area (Å²) in [5, 5.41) is 8.80. The summed E-state index contributed by atoms with van der Waals surface area (Å²) in [6, 6.07) is 13.7. The Hall–Kier alpha value is -2.12. The van der Waals surface area contributed by atoms with E-state index in [0.29, 0.717) is 5.56 Å². The second-order valence-corrected chi connectivity index (χ2v) is 4.73.